The highest BCUT2D eigenvalue weighted by atomic mass is 35.5. The van der Waals surface area contributed by atoms with Gasteiger partial charge in [-0.25, -0.2) is 4.39 Å². The van der Waals surface area contributed by atoms with Crippen molar-refractivity contribution in [1.29, 1.82) is 0 Å². The number of amides is 2. The number of likely N-dealkylation sites (tertiary alicyclic amines) is 1. The number of rotatable bonds is 10. The zero-order valence-electron chi connectivity index (χ0n) is 25.3. The molecule has 236 valence electrons. The highest BCUT2D eigenvalue weighted by Gasteiger charge is 2.38. The number of nitrogens with zero attached hydrogens (tertiary/aromatic N) is 2. The Morgan fingerprint density at radius 2 is 1.70 bits per heavy atom. The van der Waals surface area contributed by atoms with Gasteiger partial charge in [-0.1, -0.05) is 29.8 Å². The van der Waals surface area contributed by atoms with E-state index < -0.39 is 11.7 Å². The third kappa shape index (κ3) is 6.92. The van der Waals surface area contributed by atoms with Crippen LogP contribution in [0.15, 0.2) is 42.6 Å². The van der Waals surface area contributed by atoms with Gasteiger partial charge in [-0.15, -0.1) is 0 Å². The number of aryl methyl sites for hydroxylation is 1. The van der Waals surface area contributed by atoms with Crippen molar-refractivity contribution in [3.8, 4) is 0 Å². The summed E-state index contributed by atoms with van der Waals surface area (Å²) in [5.74, 6) is -1.54. The maximum atomic E-state index is 15.4. The van der Waals surface area contributed by atoms with Gasteiger partial charge in [0.05, 0.1) is 67.1 Å². The molecule has 11 heteroatoms. The lowest BCUT2D eigenvalue weighted by molar-refractivity contribution is -0.148. The molecule has 2 aliphatic rings. The summed E-state index contributed by atoms with van der Waals surface area (Å²) in [5.41, 5.74) is 1.62. The second-order valence-corrected chi connectivity index (χ2v) is 12.1. The number of fused-ring (bicyclic) bond motifs is 1. The highest BCUT2D eigenvalue weighted by molar-refractivity contribution is 6.34. The van der Waals surface area contributed by atoms with Crippen LogP contribution in [0.3, 0.4) is 0 Å². The Labute approximate surface area is 261 Å². The minimum Gasteiger partial charge on any atom is -0.469 e. The van der Waals surface area contributed by atoms with Gasteiger partial charge in [0.1, 0.15) is 5.82 Å². The lowest BCUT2D eigenvalue weighted by Crippen LogP contribution is -2.46. The summed E-state index contributed by atoms with van der Waals surface area (Å²) < 4.78 is 33.7. The van der Waals surface area contributed by atoms with Crippen LogP contribution in [0, 0.1) is 11.7 Å². The number of halogens is 2. The number of carbonyl (C=O) groups excluding carboxylic acids is 3. The van der Waals surface area contributed by atoms with Gasteiger partial charge in [0, 0.05) is 31.3 Å². The first kappa shape index (κ1) is 31.9. The van der Waals surface area contributed by atoms with E-state index in [1.807, 2.05) is 35.9 Å². The monoisotopic (exact) mass is 627 g/mol. The van der Waals surface area contributed by atoms with Crippen LogP contribution in [0.4, 0.5) is 10.1 Å². The van der Waals surface area contributed by atoms with Crippen molar-refractivity contribution in [3.63, 3.8) is 0 Å². The SMILES string of the molecule is COC[C@H]1CC[C@@H](COC2CCC(C(=O)OC)CC2)N1C(=O)Cc1cc(Cl)c(NC(=O)c2cn(C)c3ccccc23)cc1F. The van der Waals surface area contributed by atoms with Crippen LogP contribution in [0.25, 0.3) is 10.9 Å². The number of hydrogen-bond acceptors (Lipinski definition) is 6. The lowest BCUT2D eigenvalue weighted by atomic mass is 9.87. The smallest absolute Gasteiger partial charge is 0.308 e. The fourth-order valence-electron chi connectivity index (χ4n) is 6.55. The molecule has 0 unspecified atom stereocenters. The van der Waals surface area contributed by atoms with Crippen LogP contribution in [0.1, 0.15) is 54.4 Å². The third-order valence-corrected chi connectivity index (χ3v) is 9.18. The molecule has 1 aromatic heterocycles. The second kappa shape index (κ2) is 14.1. The fourth-order valence-corrected chi connectivity index (χ4v) is 6.79. The van der Waals surface area contributed by atoms with Crippen molar-refractivity contribution in [2.75, 3.05) is 32.8 Å². The summed E-state index contributed by atoms with van der Waals surface area (Å²) in [4.78, 5) is 40.3. The molecule has 1 aliphatic heterocycles. The molecule has 44 heavy (non-hydrogen) atoms. The summed E-state index contributed by atoms with van der Waals surface area (Å²) in [6.45, 7) is 0.733. The number of ether oxygens (including phenoxy) is 3. The molecular weight excluding hydrogens is 589 g/mol. The Balaban J connectivity index is 1.24. The number of anilines is 1. The maximum Gasteiger partial charge on any atom is 0.308 e. The molecule has 1 saturated carbocycles. The Kier molecular flexibility index (Phi) is 10.2. The largest absolute Gasteiger partial charge is 0.469 e. The van der Waals surface area contributed by atoms with Crippen LogP contribution in [0.2, 0.25) is 5.02 Å². The molecule has 1 saturated heterocycles. The van der Waals surface area contributed by atoms with E-state index in [9.17, 15) is 14.4 Å². The summed E-state index contributed by atoms with van der Waals surface area (Å²) in [6.07, 6.45) is 6.00. The lowest BCUT2D eigenvalue weighted by Gasteiger charge is -2.33. The summed E-state index contributed by atoms with van der Waals surface area (Å²) in [6, 6.07) is 9.76. The molecular formula is C33H39ClFN3O6. The van der Waals surface area contributed by atoms with Crippen LogP contribution in [-0.4, -0.2) is 72.9 Å². The van der Waals surface area contributed by atoms with Crippen LogP contribution < -0.4 is 5.32 Å². The van der Waals surface area contributed by atoms with Crippen molar-refractivity contribution < 1.29 is 33.0 Å². The van der Waals surface area contributed by atoms with E-state index in [0.717, 1.165) is 55.5 Å². The van der Waals surface area contributed by atoms with Gasteiger partial charge in [0.25, 0.3) is 5.91 Å². The third-order valence-electron chi connectivity index (χ3n) is 8.87. The molecule has 3 aromatic rings. The average molecular weight is 628 g/mol. The first-order valence-electron chi connectivity index (χ1n) is 15.0. The summed E-state index contributed by atoms with van der Waals surface area (Å²) in [5, 5.41) is 3.63. The van der Waals surface area contributed by atoms with Gasteiger partial charge < -0.3 is 29.0 Å². The minimum atomic E-state index is -0.631. The Bertz CT molecular complexity index is 1520. The Morgan fingerprint density at radius 1 is 1.00 bits per heavy atom. The van der Waals surface area contributed by atoms with Gasteiger partial charge in [-0.05, 0) is 62.3 Å². The number of benzene rings is 2. The molecule has 0 radical (unpaired) electrons. The van der Waals surface area contributed by atoms with Crippen molar-refractivity contribution >= 4 is 46.0 Å². The Morgan fingerprint density at radius 3 is 2.41 bits per heavy atom. The number of aromatic nitrogens is 1. The van der Waals surface area contributed by atoms with Gasteiger partial charge in [0.15, 0.2) is 0 Å². The van der Waals surface area contributed by atoms with Crippen molar-refractivity contribution in [2.45, 2.75) is 63.1 Å². The van der Waals surface area contributed by atoms with E-state index in [1.165, 1.54) is 13.2 Å². The van der Waals surface area contributed by atoms with E-state index in [-0.39, 0.29) is 58.7 Å². The molecule has 5 rings (SSSR count). The fraction of sp³-hybridized carbons (Fsp3) is 0.485. The van der Waals surface area contributed by atoms with E-state index in [0.29, 0.717) is 18.8 Å². The summed E-state index contributed by atoms with van der Waals surface area (Å²) in [7, 11) is 4.85. The van der Waals surface area contributed by atoms with Gasteiger partial charge in [-0.2, -0.15) is 0 Å². The molecule has 1 N–H and O–H groups in total. The number of esters is 1. The molecule has 2 atom stereocenters. The Hall–Kier alpha value is -3.47. The molecule has 2 fully saturated rings. The van der Waals surface area contributed by atoms with E-state index >= 15 is 4.39 Å². The average Bonchev–Trinajstić information content (AvgIpc) is 3.59. The molecule has 0 spiro atoms. The number of para-hydroxylation sites is 1. The predicted molar refractivity (Wildman–Crippen MR) is 165 cm³/mol. The van der Waals surface area contributed by atoms with Gasteiger partial charge in [0.2, 0.25) is 5.91 Å². The first-order valence-corrected chi connectivity index (χ1v) is 15.4. The van der Waals surface area contributed by atoms with Gasteiger partial charge >= 0.3 is 5.97 Å². The van der Waals surface area contributed by atoms with E-state index in [1.54, 1.807) is 18.2 Å². The molecule has 1 aliphatic carbocycles. The molecule has 9 nitrogen and oxygen atoms in total. The molecule has 2 amide bonds. The van der Waals surface area contributed by atoms with Crippen molar-refractivity contribution in [2.24, 2.45) is 13.0 Å². The molecule has 0 bridgehead atoms. The van der Waals surface area contributed by atoms with Crippen LogP contribution >= 0.6 is 11.6 Å². The van der Waals surface area contributed by atoms with Crippen molar-refractivity contribution in [3.05, 3.63) is 64.6 Å². The van der Waals surface area contributed by atoms with E-state index in [2.05, 4.69) is 5.32 Å². The van der Waals surface area contributed by atoms with Gasteiger partial charge in [-0.3, -0.25) is 14.4 Å². The zero-order chi connectivity index (χ0) is 31.4. The van der Waals surface area contributed by atoms with Crippen molar-refractivity contribution in [1.82, 2.24) is 9.47 Å². The van der Waals surface area contributed by atoms with Crippen LogP contribution in [0.5, 0.6) is 0 Å². The topological polar surface area (TPSA) is 99.1 Å². The first-order chi connectivity index (χ1) is 21.2. The standard InChI is InChI=1S/C33H39ClFN3O6/c1-37-17-26(25-6-4-5-7-30(25)37)32(40)36-29-16-28(35)21(14-27(29)34)15-31(39)38-22(18-42-2)10-11-23(38)19-44-24-12-8-20(9-13-24)33(41)43-3/h4-7,14,16-17,20,22-24H,8-13,15,18-19H2,1-3H3,(H,36,40)/t20?,22-,23+,24?/m1/s1. The van der Waals surface area contributed by atoms with Crippen LogP contribution in [-0.2, 0) is 37.3 Å². The number of carbonyl (C=O) groups is 3. The highest BCUT2D eigenvalue weighted by Crippen LogP contribution is 2.32. The molecule has 2 aromatic carbocycles. The summed E-state index contributed by atoms with van der Waals surface area (Å²) >= 11 is 6.50. The zero-order valence-corrected chi connectivity index (χ0v) is 26.1. The number of hydrogen-bond donors (Lipinski definition) is 1. The molecule has 2 heterocycles. The minimum absolute atomic E-state index is 0.0159. The maximum absolute atomic E-state index is 15.4. The van der Waals surface area contributed by atoms with E-state index in [4.69, 9.17) is 25.8 Å². The normalized spacial score (nSPS) is 21.9. The number of methoxy groups -OCH3 is 2. The second-order valence-electron chi connectivity index (χ2n) is 11.7. The predicted octanol–water partition coefficient (Wildman–Crippen LogP) is 5.52. The number of nitrogens with one attached hydrogen (secondary N) is 1. The quantitative estimate of drug-likeness (QED) is 0.297.